The van der Waals surface area contributed by atoms with Gasteiger partial charge in [-0.15, -0.1) is 11.3 Å². The molecule has 7 heteroatoms. The fraction of sp³-hybridized carbons (Fsp3) is 0.136. The van der Waals surface area contributed by atoms with E-state index in [1.54, 1.807) is 6.20 Å². The van der Waals surface area contributed by atoms with Gasteiger partial charge in [-0.05, 0) is 31.5 Å². The zero-order chi connectivity index (χ0) is 20.0. The van der Waals surface area contributed by atoms with Crippen molar-refractivity contribution in [3.05, 3.63) is 76.4 Å². The highest BCUT2D eigenvalue weighted by Gasteiger charge is 2.17. The maximum Gasteiger partial charge on any atom is 0.265 e. The second-order valence-corrected chi connectivity index (χ2v) is 8.18. The first kappa shape index (κ1) is 17.6. The van der Waals surface area contributed by atoms with Gasteiger partial charge in [0.1, 0.15) is 4.83 Å². The van der Waals surface area contributed by atoms with Crippen molar-refractivity contribution in [1.82, 2.24) is 20.0 Å². The highest BCUT2D eigenvalue weighted by molar-refractivity contribution is 7.20. The second-order valence-electron chi connectivity index (χ2n) is 7.15. The van der Waals surface area contributed by atoms with Crippen molar-refractivity contribution in [3.8, 4) is 0 Å². The van der Waals surface area contributed by atoms with Crippen molar-refractivity contribution >= 4 is 44.1 Å². The molecule has 0 aliphatic carbocycles. The van der Waals surface area contributed by atoms with Crippen molar-refractivity contribution in [3.63, 3.8) is 0 Å². The molecule has 2 aromatic carbocycles. The molecule has 0 atom stereocenters. The molecular weight excluding hydrogens is 382 g/mol. The molecule has 6 nitrogen and oxygen atoms in total. The highest BCUT2D eigenvalue weighted by atomic mass is 32.1. The molecule has 0 aliphatic rings. The van der Waals surface area contributed by atoms with E-state index in [-0.39, 0.29) is 5.91 Å². The molecule has 3 heterocycles. The van der Waals surface area contributed by atoms with Crippen LogP contribution in [0.5, 0.6) is 0 Å². The number of aromatic nitrogens is 4. The van der Waals surface area contributed by atoms with Crippen LogP contribution in [0.2, 0.25) is 0 Å². The Balaban J connectivity index is 1.45. The van der Waals surface area contributed by atoms with E-state index in [1.807, 2.05) is 35.9 Å². The number of fused-ring (bicyclic) bond motifs is 2. The summed E-state index contributed by atoms with van der Waals surface area (Å²) in [6.07, 6.45) is 1.74. The number of rotatable bonds is 4. The van der Waals surface area contributed by atoms with E-state index in [9.17, 15) is 4.79 Å². The summed E-state index contributed by atoms with van der Waals surface area (Å²) in [6.45, 7) is 4.74. The maximum atomic E-state index is 12.9. The summed E-state index contributed by atoms with van der Waals surface area (Å²) < 4.78 is 1.98. The minimum Gasteiger partial charge on any atom is -0.319 e. The van der Waals surface area contributed by atoms with Gasteiger partial charge in [0.15, 0.2) is 0 Å². The third kappa shape index (κ3) is 3.19. The number of aromatic amines is 1. The van der Waals surface area contributed by atoms with Crippen LogP contribution >= 0.6 is 11.3 Å². The number of H-pyrrole nitrogens is 1. The molecule has 5 aromatic rings. The van der Waals surface area contributed by atoms with Crippen LogP contribution in [0.1, 0.15) is 26.5 Å². The first-order chi connectivity index (χ1) is 14.1. The van der Waals surface area contributed by atoms with Crippen LogP contribution in [0.3, 0.4) is 0 Å². The van der Waals surface area contributed by atoms with Gasteiger partial charge in [-0.1, -0.05) is 42.0 Å². The molecule has 144 valence electrons. The van der Waals surface area contributed by atoms with Crippen LogP contribution in [0, 0.1) is 13.8 Å². The fourth-order valence-corrected chi connectivity index (χ4v) is 4.51. The van der Waals surface area contributed by atoms with E-state index >= 15 is 0 Å². The summed E-state index contributed by atoms with van der Waals surface area (Å²) in [5, 5.41) is 16.6. The molecular formula is C22H19N5OS. The Bertz CT molecular complexity index is 1340. The summed E-state index contributed by atoms with van der Waals surface area (Å²) in [7, 11) is 0. The van der Waals surface area contributed by atoms with Gasteiger partial charge in [0.25, 0.3) is 5.91 Å². The molecule has 3 aromatic heterocycles. The van der Waals surface area contributed by atoms with Crippen molar-refractivity contribution < 1.29 is 4.79 Å². The number of nitrogens with one attached hydrogen (secondary N) is 2. The minimum atomic E-state index is -0.130. The van der Waals surface area contributed by atoms with Gasteiger partial charge in [0.05, 0.1) is 34.5 Å². The lowest BCUT2D eigenvalue weighted by molar-refractivity contribution is 0.103. The van der Waals surface area contributed by atoms with Crippen LogP contribution in [0.4, 0.5) is 5.69 Å². The molecule has 0 radical (unpaired) electrons. The Morgan fingerprint density at radius 1 is 1.17 bits per heavy atom. The molecule has 0 fully saturated rings. The maximum absolute atomic E-state index is 12.9. The van der Waals surface area contributed by atoms with Crippen molar-refractivity contribution in [1.29, 1.82) is 0 Å². The lowest BCUT2D eigenvalue weighted by Crippen LogP contribution is -2.10. The third-order valence-electron chi connectivity index (χ3n) is 5.01. The average molecular weight is 401 g/mol. The Morgan fingerprint density at radius 3 is 2.83 bits per heavy atom. The van der Waals surface area contributed by atoms with E-state index in [2.05, 4.69) is 51.8 Å². The van der Waals surface area contributed by atoms with E-state index in [4.69, 9.17) is 0 Å². The van der Waals surface area contributed by atoms with Gasteiger partial charge in [0.2, 0.25) is 0 Å². The van der Waals surface area contributed by atoms with Gasteiger partial charge in [-0.3, -0.25) is 14.6 Å². The first-order valence-electron chi connectivity index (χ1n) is 9.34. The molecule has 2 N–H and O–H groups in total. The predicted molar refractivity (Wildman–Crippen MR) is 117 cm³/mol. The third-order valence-corrected chi connectivity index (χ3v) is 6.16. The summed E-state index contributed by atoms with van der Waals surface area (Å²) in [6, 6.07) is 16.1. The number of anilines is 1. The van der Waals surface area contributed by atoms with Crippen molar-refractivity contribution in [2.45, 2.75) is 20.4 Å². The highest BCUT2D eigenvalue weighted by Crippen LogP contribution is 2.30. The van der Waals surface area contributed by atoms with Crippen LogP contribution in [-0.2, 0) is 6.54 Å². The number of thiophene rings is 1. The topological polar surface area (TPSA) is 75.6 Å². The van der Waals surface area contributed by atoms with E-state index in [0.29, 0.717) is 11.4 Å². The molecule has 1 amide bonds. The molecule has 0 saturated heterocycles. The Morgan fingerprint density at radius 2 is 2.00 bits per heavy atom. The molecule has 29 heavy (non-hydrogen) atoms. The summed E-state index contributed by atoms with van der Waals surface area (Å²) in [5.41, 5.74) is 4.89. The quantitative estimate of drug-likeness (QED) is 0.450. The van der Waals surface area contributed by atoms with Crippen LogP contribution < -0.4 is 5.32 Å². The Hall–Kier alpha value is -3.45. The van der Waals surface area contributed by atoms with Crippen LogP contribution in [0.25, 0.3) is 21.1 Å². The van der Waals surface area contributed by atoms with Crippen LogP contribution in [-0.4, -0.2) is 25.9 Å². The summed E-state index contributed by atoms with van der Waals surface area (Å²) >= 11 is 1.46. The zero-order valence-corrected chi connectivity index (χ0v) is 16.9. The van der Waals surface area contributed by atoms with E-state index in [0.717, 1.165) is 32.5 Å². The summed E-state index contributed by atoms with van der Waals surface area (Å²) in [4.78, 5) is 14.6. The average Bonchev–Trinajstić information content (AvgIpc) is 3.42. The molecule has 0 bridgehead atoms. The SMILES string of the molecule is Cc1ccc(Cn2nc(C)c3cc(C(=O)Nc4cccc5cn[nH]c45)sc32)cc1. The zero-order valence-electron chi connectivity index (χ0n) is 16.1. The number of hydrogen-bond donors (Lipinski definition) is 2. The lowest BCUT2D eigenvalue weighted by atomic mass is 10.1. The Kier molecular flexibility index (Phi) is 4.17. The lowest BCUT2D eigenvalue weighted by Gasteiger charge is -2.05. The van der Waals surface area contributed by atoms with Gasteiger partial charge in [-0.2, -0.15) is 10.2 Å². The second kappa shape index (κ2) is 6.86. The molecule has 0 saturated carbocycles. The normalized spacial score (nSPS) is 11.4. The van der Waals surface area contributed by atoms with Crippen molar-refractivity contribution in [2.75, 3.05) is 5.32 Å². The summed E-state index contributed by atoms with van der Waals surface area (Å²) in [5.74, 6) is -0.130. The number of hydrogen-bond acceptors (Lipinski definition) is 4. The van der Waals surface area contributed by atoms with E-state index in [1.165, 1.54) is 22.5 Å². The molecule has 0 unspecified atom stereocenters. The van der Waals surface area contributed by atoms with E-state index < -0.39 is 0 Å². The largest absolute Gasteiger partial charge is 0.319 e. The number of amides is 1. The Labute approximate surface area is 171 Å². The standard InChI is InChI=1S/C22H19N5OS/c1-13-6-8-15(9-7-13)12-27-22-17(14(2)26-27)10-19(29-22)21(28)24-18-5-3-4-16-11-23-25-20(16)18/h3-11H,12H2,1-2H3,(H,23,25)(H,24,28). The van der Waals surface area contributed by atoms with Gasteiger partial charge >= 0.3 is 0 Å². The monoisotopic (exact) mass is 401 g/mol. The number of benzene rings is 2. The van der Waals surface area contributed by atoms with Gasteiger partial charge in [0, 0.05) is 10.8 Å². The number of aryl methyl sites for hydroxylation is 2. The smallest absolute Gasteiger partial charge is 0.265 e. The van der Waals surface area contributed by atoms with Crippen molar-refractivity contribution in [2.24, 2.45) is 0 Å². The predicted octanol–water partition coefficient (Wildman–Crippen LogP) is 4.89. The molecule has 0 aliphatic heterocycles. The van der Waals surface area contributed by atoms with Crippen LogP contribution in [0.15, 0.2) is 54.7 Å². The number of carbonyl (C=O) groups is 1. The fourth-order valence-electron chi connectivity index (χ4n) is 3.46. The van der Waals surface area contributed by atoms with Gasteiger partial charge in [-0.25, -0.2) is 0 Å². The number of carbonyl (C=O) groups excluding carboxylic acids is 1. The molecule has 0 spiro atoms. The minimum absolute atomic E-state index is 0.130. The number of nitrogens with zero attached hydrogens (tertiary/aromatic N) is 3. The number of para-hydroxylation sites is 1. The van der Waals surface area contributed by atoms with Gasteiger partial charge < -0.3 is 5.32 Å². The first-order valence-corrected chi connectivity index (χ1v) is 10.2. The molecule has 5 rings (SSSR count).